The molecule has 148 valence electrons. The normalized spacial score (nSPS) is 14.6. The van der Waals surface area contributed by atoms with Crippen molar-refractivity contribution in [1.29, 1.82) is 0 Å². The van der Waals surface area contributed by atoms with Crippen LogP contribution in [0.15, 0.2) is 36.9 Å². The summed E-state index contributed by atoms with van der Waals surface area (Å²) in [5.41, 5.74) is 3.98. The average molecular weight is 390 g/mol. The highest BCUT2D eigenvalue weighted by atomic mass is 16.1. The Kier molecular flexibility index (Phi) is 4.17. The van der Waals surface area contributed by atoms with E-state index in [1.807, 2.05) is 42.9 Å². The van der Waals surface area contributed by atoms with Crippen LogP contribution in [0.25, 0.3) is 16.6 Å². The third-order valence-electron chi connectivity index (χ3n) is 5.17. The molecule has 0 aliphatic carbocycles. The molecule has 1 aliphatic heterocycles. The van der Waals surface area contributed by atoms with E-state index in [1.165, 1.54) is 0 Å². The second kappa shape index (κ2) is 6.85. The number of amides is 1. The first kappa shape index (κ1) is 17.6. The van der Waals surface area contributed by atoms with E-state index in [-0.39, 0.29) is 5.91 Å². The summed E-state index contributed by atoms with van der Waals surface area (Å²) in [6.45, 7) is 5.69. The fourth-order valence-corrected chi connectivity index (χ4v) is 3.84. The minimum absolute atomic E-state index is 0.232. The first-order valence-electron chi connectivity index (χ1n) is 9.63. The van der Waals surface area contributed by atoms with Crippen LogP contribution in [0, 0.1) is 6.92 Å². The molecule has 0 atom stereocenters. The summed E-state index contributed by atoms with van der Waals surface area (Å²) in [5.74, 6) is 0.236. The Morgan fingerprint density at radius 3 is 2.83 bits per heavy atom. The lowest BCUT2D eigenvalue weighted by Crippen LogP contribution is -2.43. The van der Waals surface area contributed by atoms with E-state index in [2.05, 4.69) is 30.6 Å². The molecule has 29 heavy (non-hydrogen) atoms. The highest BCUT2D eigenvalue weighted by Gasteiger charge is 2.20. The fraction of sp³-hybridized carbons (Fsp3) is 0.300. The van der Waals surface area contributed by atoms with E-state index in [4.69, 9.17) is 0 Å². The number of carbonyl (C=O) groups is 1. The van der Waals surface area contributed by atoms with Crippen LogP contribution in [0.2, 0.25) is 0 Å². The number of imidazole rings is 1. The molecule has 9 heteroatoms. The van der Waals surface area contributed by atoms with Crippen LogP contribution >= 0.6 is 0 Å². The van der Waals surface area contributed by atoms with Gasteiger partial charge < -0.3 is 19.9 Å². The maximum atomic E-state index is 13.0. The van der Waals surface area contributed by atoms with Crippen molar-refractivity contribution in [2.24, 2.45) is 7.05 Å². The number of nitrogens with one attached hydrogen (secondary N) is 2. The van der Waals surface area contributed by atoms with Gasteiger partial charge in [-0.25, -0.2) is 9.97 Å². The molecule has 3 aromatic heterocycles. The Morgan fingerprint density at radius 1 is 1.17 bits per heavy atom. The Balaban J connectivity index is 1.49. The third kappa shape index (κ3) is 3.19. The first-order valence-corrected chi connectivity index (χ1v) is 9.63. The van der Waals surface area contributed by atoms with Gasteiger partial charge in [0.1, 0.15) is 11.3 Å². The smallest absolute Gasteiger partial charge is 0.259 e. The van der Waals surface area contributed by atoms with Gasteiger partial charge >= 0.3 is 0 Å². The molecule has 9 nitrogen and oxygen atoms in total. The molecular weight excluding hydrogens is 368 g/mol. The summed E-state index contributed by atoms with van der Waals surface area (Å²) in [7, 11) is 1.88. The maximum absolute atomic E-state index is 13.0. The summed E-state index contributed by atoms with van der Waals surface area (Å²) in [6.07, 6.45) is 7.28. The Bertz CT molecular complexity index is 1220. The number of nitrogens with zero attached hydrogens (tertiary/aromatic N) is 6. The molecule has 0 radical (unpaired) electrons. The van der Waals surface area contributed by atoms with Crippen LogP contribution in [0.3, 0.4) is 0 Å². The zero-order valence-corrected chi connectivity index (χ0v) is 16.4. The predicted molar refractivity (Wildman–Crippen MR) is 111 cm³/mol. The SMILES string of the molecule is Cc1cn2cc(NC(=O)c3ccc(N4CCNCC4)c4cn(C)nc34)ncc2n1. The standard InChI is InChI=1S/C20H22N8O/c1-13-10-28-12-17(22-9-18(28)23-13)24-20(29)14-3-4-16(27-7-5-21-6-8-27)15-11-26(2)25-19(14)15/h3-4,9-12,21H,5-8H2,1-2H3,(H,24,29). The quantitative estimate of drug-likeness (QED) is 0.552. The average Bonchev–Trinajstić information content (AvgIpc) is 3.28. The molecule has 4 heterocycles. The van der Waals surface area contributed by atoms with Crippen LogP contribution in [0.4, 0.5) is 11.5 Å². The second-order valence-electron chi connectivity index (χ2n) is 7.31. The summed E-state index contributed by atoms with van der Waals surface area (Å²) in [4.78, 5) is 24.0. The van der Waals surface area contributed by atoms with E-state index >= 15 is 0 Å². The zero-order chi connectivity index (χ0) is 20.0. The van der Waals surface area contributed by atoms with Gasteiger partial charge in [0.05, 0.1) is 23.7 Å². The van der Waals surface area contributed by atoms with E-state index < -0.39 is 0 Å². The van der Waals surface area contributed by atoms with Gasteiger partial charge in [-0.15, -0.1) is 0 Å². The molecule has 0 saturated carbocycles. The van der Waals surface area contributed by atoms with Crippen LogP contribution in [-0.2, 0) is 7.05 Å². The molecule has 1 saturated heterocycles. The summed E-state index contributed by atoms with van der Waals surface area (Å²) >= 11 is 0. The molecular formula is C20H22N8O. The van der Waals surface area contributed by atoms with E-state index in [9.17, 15) is 4.79 Å². The fourth-order valence-electron chi connectivity index (χ4n) is 3.84. The van der Waals surface area contributed by atoms with Gasteiger partial charge in [-0.3, -0.25) is 9.48 Å². The Hall–Kier alpha value is -3.46. The molecule has 0 unspecified atom stereocenters. The van der Waals surface area contributed by atoms with Crippen molar-refractivity contribution in [2.45, 2.75) is 6.92 Å². The lowest BCUT2D eigenvalue weighted by Gasteiger charge is -2.30. The molecule has 5 rings (SSSR count). The number of hydrogen-bond acceptors (Lipinski definition) is 6. The number of carbonyl (C=O) groups excluding carboxylic acids is 1. The van der Waals surface area contributed by atoms with Crippen LogP contribution in [0.1, 0.15) is 16.1 Å². The number of hydrogen-bond donors (Lipinski definition) is 2. The third-order valence-corrected chi connectivity index (χ3v) is 5.17. The van der Waals surface area contributed by atoms with E-state index in [0.717, 1.165) is 48.6 Å². The van der Waals surface area contributed by atoms with Crippen LogP contribution in [-0.4, -0.2) is 56.2 Å². The number of aryl methyl sites for hydroxylation is 2. The minimum atomic E-state index is -0.232. The van der Waals surface area contributed by atoms with Crippen molar-refractivity contribution in [1.82, 2.24) is 29.5 Å². The number of anilines is 2. The van der Waals surface area contributed by atoms with Crippen molar-refractivity contribution in [3.8, 4) is 0 Å². The van der Waals surface area contributed by atoms with Crippen LogP contribution in [0.5, 0.6) is 0 Å². The van der Waals surface area contributed by atoms with Crippen molar-refractivity contribution in [2.75, 3.05) is 36.4 Å². The monoisotopic (exact) mass is 390 g/mol. The molecule has 2 N–H and O–H groups in total. The van der Waals surface area contributed by atoms with Crippen molar-refractivity contribution >= 4 is 34.0 Å². The second-order valence-corrected chi connectivity index (χ2v) is 7.31. The molecule has 1 amide bonds. The van der Waals surface area contributed by atoms with Crippen molar-refractivity contribution in [3.63, 3.8) is 0 Å². The molecule has 1 aliphatic rings. The maximum Gasteiger partial charge on any atom is 0.259 e. The van der Waals surface area contributed by atoms with Gasteiger partial charge in [0.15, 0.2) is 5.65 Å². The van der Waals surface area contributed by atoms with E-state index in [1.54, 1.807) is 17.1 Å². The van der Waals surface area contributed by atoms with Gasteiger partial charge in [0.2, 0.25) is 0 Å². The highest BCUT2D eigenvalue weighted by molar-refractivity contribution is 6.13. The zero-order valence-electron chi connectivity index (χ0n) is 16.4. The Labute approximate surface area is 167 Å². The first-order chi connectivity index (χ1) is 14.1. The lowest BCUT2D eigenvalue weighted by molar-refractivity contribution is 0.102. The number of rotatable bonds is 3. The molecule has 1 aromatic carbocycles. The number of benzene rings is 1. The summed E-state index contributed by atoms with van der Waals surface area (Å²) in [5, 5.41) is 11.8. The minimum Gasteiger partial charge on any atom is -0.368 e. The van der Waals surface area contributed by atoms with Gasteiger partial charge in [0, 0.05) is 56.7 Å². The predicted octanol–water partition coefficient (Wildman–Crippen LogP) is 1.59. The van der Waals surface area contributed by atoms with Crippen LogP contribution < -0.4 is 15.5 Å². The molecule has 0 bridgehead atoms. The highest BCUT2D eigenvalue weighted by Crippen LogP contribution is 2.29. The van der Waals surface area contributed by atoms with Gasteiger partial charge in [-0.1, -0.05) is 0 Å². The van der Waals surface area contributed by atoms with Crippen molar-refractivity contribution in [3.05, 3.63) is 48.2 Å². The van der Waals surface area contributed by atoms with E-state index in [0.29, 0.717) is 16.9 Å². The van der Waals surface area contributed by atoms with Gasteiger partial charge in [0.25, 0.3) is 5.91 Å². The summed E-state index contributed by atoms with van der Waals surface area (Å²) < 4.78 is 3.60. The molecule has 1 fully saturated rings. The number of fused-ring (bicyclic) bond motifs is 2. The molecule has 0 spiro atoms. The number of piperazine rings is 1. The topological polar surface area (TPSA) is 92.4 Å². The van der Waals surface area contributed by atoms with Crippen molar-refractivity contribution < 1.29 is 4.79 Å². The number of aromatic nitrogens is 5. The molecule has 4 aromatic rings. The van der Waals surface area contributed by atoms with Gasteiger partial charge in [-0.2, -0.15) is 5.10 Å². The van der Waals surface area contributed by atoms with Gasteiger partial charge in [-0.05, 0) is 19.1 Å². The lowest BCUT2D eigenvalue weighted by atomic mass is 10.1. The summed E-state index contributed by atoms with van der Waals surface area (Å²) in [6, 6.07) is 3.86. The largest absolute Gasteiger partial charge is 0.368 e. The Morgan fingerprint density at radius 2 is 2.00 bits per heavy atom.